The molecule has 0 saturated carbocycles. The Balaban J connectivity index is 2.79. The van der Waals surface area contributed by atoms with Crippen molar-refractivity contribution in [2.75, 3.05) is 0 Å². The molecule has 36 valence electrons. The Hall–Kier alpha value is -0.855. The lowest BCUT2D eigenvalue weighted by molar-refractivity contribution is 0.366. The van der Waals surface area contributed by atoms with Crippen LogP contribution in [0, 0.1) is 0 Å². The van der Waals surface area contributed by atoms with Gasteiger partial charge in [-0.2, -0.15) is 0 Å². The molecular formula is C4H5BO2. The highest BCUT2D eigenvalue weighted by atomic mass is 16.3. The van der Waals surface area contributed by atoms with Crippen molar-refractivity contribution >= 4 is 7.28 Å². The summed E-state index contributed by atoms with van der Waals surface area (Å²) in [7, 11) is 0.478. The lowest BCUT2D eigenvalue weighted by atomic mass is 9.80. The molecule has 0 fully saturated rings. The van der Waals surface area contributed by atoms with Gasteiger partial charge in [0.25, 0.3) is 0 Å². The third kappa shape index (κ3) is 0.608. The number of aliphatic hydroxyl groups excluding tert-OH is 2. The summed E-state index contributed by atoms with van der Waals surface area (Å²) in [5, 5.41) is 17.1. The van der Waals surface area contributed by atoms with Gasteiger partial charge in [-0.25, -0.2) is 0 Å². The number of hydrogen-bond acceptors (Lipinski definition) is 2. The third-order valence-corrected chi connectivity index (χ3v) is 0.883. The van der Waals surface area contributed by atoms with Crippen LogP contribution in [0.15, 0.2) is 23.5 Å². The second-order valence-electron chi connectivity index (χ2n) is 1.44. The van der Waals surface area contributed by atoms with Crippen molar-refractivity contribution in [3.63, 3.8) is 0 Å². The quantitative estimate of drug-likeness (QED) is 0.424. The monoisotopic (exact) mass is 96.0 g/mol. The molecule has 0 atom stereocenters. The van der Waals surface area contributed by atoms with Crippen molar-refractivity contribution < 1.29 is 10.2 Å². The molecule has 3 heteroatoms. The van der Waals surface area contributed by atoms with Crippen LogP contribution in [0.25, 0.3) is 0 Å². The van der Waals surface area contributed by atoms with Gasteiger partial charge in [0.2, 0.25) is 7.28 Å². The second kappa shape index (κ2) is 1.33. The molecule has 0 bridgehead atoms. The maximum Gasteiger partial charge on any atom is 0.234 e. The Morgan fingerprint density at radius 1 is 1.43 bits per heavy atom. The van der Waals surface area contributed by atoms with Crippen LogP contribution < -0.4 is 0 Å². The Morgan fingerprint density at radius 2 is 2.14 bits per heavy atom. The predicted molar refractivity (Wildman–Crippen MR) is 28.6 cm³/mol. The zero-order chi connectivity index (χ0) is 5.28. The minimum atomic E-state index is 0.000000000000000444. The molecule has 1 aliphatic rings. The fourth-order valence-electron chi connectivity index (χ4n) is 0.483. The van der Waals surface area contributed by atoms with Gasteiger partial charge in [0.15, 0.2) is 0 Å². The lowest BCUT2D eigenvalue weighted by Gasteiger charge is -1.85. The molecule has 0 amide bonds. The first-order valence-electron chi connectivity index (χ1n) is 2.08. The molecule has 1 heterocycles. The lowest BCUT2D eigenvalue weighted by Crippen LogP contribution is -1.87. The van der Waals surface area contributed by atoms with E-state index >= 15 is 0 Å². The van der Waals surface area contributed by atoms with E-state index in [1.54, 1.807) is 5.98 Å². The maximum atomic E-state index is 8.56. The average Bonchev–Trinajstić information content (AvgIpc) is 1.91. The minimum absolute atomic E-state index is 0.000000000000000444. The van der Waals surface area contributed by atoms with Gasteiger partial charge >= 0.3 is 0 Å². The second-order valence-corrected chi connectivity index (χ2v) is 1.44. The van der Waals surface area contributed by atoms with Gasteiger partial charge < -0.3 is 10.2 Å². The molecule has 0 aromatic carbocycles. The summed E-state index contributed by atoms with van der Waals surface area (Å²) >= 11 is 0. The molecule has 0 aromatic heterocycles. The van der Waals surface area contributed by atoms with Gasteiger partial charge in [-0.05, 0) is 6.08 Å². The van der Waals surface area contributed by atoms with Crippen molar-refractivity contribution in [1.29, 1.82) is 0 Å². The maximum absolute atomic E-state index is 8.56. The molecule has 2 N–H and O–H groups in total. The van der Waals surface area contributed by atoms with Crippen LogP contribution in [-0.2, 0) is 0 Å². The fourth-order valence-corrected chi connectivity index (χ4v) is 0.483. The van der Waals surface area contributed by atoms with Gasteiger partial charge in [-0.3, -0.25) is 0 Å². The summed E-state index contributed by atoms with van der Waals surface area (Å²) in [5.74, 6) is 1.70. The highest BCUT2D eigenvalue weighted by molar-refractivity contribution is 6.51. The summed E-state index contributed by atoms with van der Waals surface area (Å²) < 4.78 is 0. The van der Waals surface area contributed by atoms with Crippen molar-refractivity contribution in [2.24, 2.45) is 0 Å². The van der Waals surface area contributed by atoms with E-state index in [1.807, 2.05) is 0 Å². The van der Waals surface area contributed by atoms with Gasteiger partial charge in [0.1, 0.15) is 5.76 Å². The van der Waals surface area contributed by atoms with E-state index in [-0.39, 0.29) is 11.4 Å². The first kappa shape index (κ1) is 4.31. The Bertz CT molecular complexity index is 137. The van der Waals surface area contributed by atoms with Crippen molar-refractivity contribution in [1.82, 2.24) is 0 Å². The van der Waals surface area contributed by atoms with E-state index in [0.29, 0.717) is 7.28 Å². The molecule has 0 unspecified atom stereocenters. The predicted octanol–water partition coefficient (Wildman–Crippen LogP) is 0.235. The molecule has 0 saturated heterocycles. The number of rotatable bonds is 0. The molecule has 7 heavy (non-hydrogen) atoms. The smallest absolute Gasteiger partial charge is 0.234 e. The molecule has 0 spiro atoms. The van der Waals surface area contributed by atoms with Crippen molar-refractivity contribution in [3.8, 4) is 0 Å². The van der Waals surface area contributed by atoms with Gasteiger partial charge in [0.05, 0.1) is 5.66 Å². The molecule has 0 aromatic rings. The molecule has 2 nitrogen and oxygen atoms in total. The topological polar surface area (TPSA) is 40.5 Å². The summed E-state index contributed by atoms with van der Waals surface area (Å²) in [6.45, 7) is 0. The van der Waals surface area contributed by atoms with E-state index in [9.17, 15) is 0 Å². The average molecular weight is 95.9 g/mol. The summed E-state index contributed by atoms with van der Waals surface area (Å²) in [6.07, 6.45) is 1.48. The number of hydrogen-bond donors (Lipinski definition) is 2. The Labute approximate surface area is 42.0 Å². The molecular weight excluding hydrogens is 90.9 g/mol. The standard InChI is InChI=1S/C4H5BO2/c6-3-1-2-5-4(3)7/h1-2,5-7H. The highest BCUT2D eigenvalue weighted by Crippen LogP contribution is 2.03. The number of allylic oxidation sites excluding steroid dienone is 1. The first-order chi connectivity index (χ1) is 3.30. The van der Waals surface area contributed by atoms with Crippen LogP contribution in [0.4, 0.5) is 0 Å². The SMILES string of the molecule is OC1=C(O)C=CB1. The fraction of sp³-hybridized carbons (Fsp3) is 0. The zero-order valence-corrected chi connectivity index (χ0v) is 3.76. The highest BCUT2D eigenvalue weighted by Gasteiger charge is 2.04. The van der Waals surface area contributed by atoms with Crippen LogP contribution in [0.1, 0.15) is 0 Å². The van der Waals surface area contributed by atoms with E-state index in [0.717, 1.165) is 0 Å². The van der Waals surface area contributed by atoms with Gasteiger partial charge in [-0.15, -0.1) is 5.98 Å². The van der Waals surface area contributed by atoms with Gasteiger partial charge in [0, 0.05) is 0 Å². The number of aliphatic hydroxyl groups is 2. The van der Waals surface area contributed by atoms with Gasteiger partial charge in [-0.1, -0.05) is 0 Å². The van der Waals surface area contributed by atoms with Crippen molar-refractivity contribution in [3.05, 3.63) is 23.5 Å². The van der Waals surface area contributed by atoms with Crippen LogP contribution in [0.2, 0.25) is 0 Å². The van der Waals surface area contributed by atoms with E-state index in [1.165, 1.54) is 6.08 Å². The van der Waals surface area contributed by atoms with Crippen LogP contribution in [0.5, 0.6) is 0 Å². The first-order valence-corrected chi connectivity index (χ1v) is 2.08. The molecule has 1 aliphatic heterocycles. The Kier molecular flexibility index (Phi) is 0.820. The van der Waals surface area contributed by atoms with E-state index < -0.39 is 0 Å². The third-order valence-electron chi connectivity index (χ3n) is 0.883. The van der Waals surface area contributed by atoms with Crippen LogP contribution >= 0.6 is 0 Å². The summed E-state index contributed by atoms with van der Waals surface area (Å²) in [5.41, 5.74) is 0.0694. The zero-order valence-electron chi connectivity index (χ0n) is 3.76. The normalized spacial score (nSPS) is 17.7. The molecule has 0 aliphatic carbocycles. The van der Waals surface area contributed by atoms with Crippen LogP contribution in [-0.4, -0.2) is 17.5 Å². The van der Waals surface area contributed by atoms with Crippen LogP contribution in [0.3, 0.4) is 0 Å². The largest absolute Gasteiger partial charge is 0.519 e. The summed E-state index contributed by atoms with van der Waals surface area (Å²) in [6, 6.07) is 0. The van der Waals surface area contributed by atoms with E-state index in [2.05, 4.69) is 0 Å². The van der Waals surface area contributed by atoms with Crippen molar-refractivity contribution in [2.45, 2.75) is 0 Å². The Morgan fingerprint density at radius 3 is 2.29 bits per heavy atom. The molecule has 1 rings (SSSR count). The minimum Gasteiger partial charge on any atom is -0.519 e. The molecule has 0 radical (unpaired) electrons. The van der Waals surface area contributed by atoms with E-state index in [4.69, 9.17) is 10.2 Å². The summed E-state index contributed by atoms with van der Waals surface area (Å²) in [4.78, 5) is 0.